The SMILES string of the molecule is CCCCCC(CCC)CC(=O)OC(C)(C)C. The third-order valence-corrected chi connectivity index (χ3v) is 2.79. The van der Waals surface area contributed by atoms with E-state index in [0.717, 1.165) is 12.8 Å². The van der Waals surface area contributed by atoms with Crippen molar-refractivity contribution < 1.29 is 9.53 Å². The highest BCUT2D eigenvalue weighted by molar-refractivity contribution is 5.70. The van der Waals surface area contributed by atoms with Gasteiger partial charge in [0.15, 0.2) is 0 Å². The lowest BCUT2D eigenvalue weighted by Crippen LogP contribution is -2.25. The molecule has 0 fully saturated rings. The molecule has 0 radical (unpaired) electrons. The van der Waals surface area contributed by atoms with Crippen LogP contribution in [0, 0.1) is 5.92 Å². The minimum atomic E-state index is -0.350. The molecule has 2 nitrogen and oxygen atoms in total. The molecule has 0 aliphatic heterocycles. The van der Waals surface area contributed by atoms with E-state index in [1.54, 1.807) is 0 Å². The average Bonchev–Trinajstić information content (AvgIpc) is 2.15. The Morgan fingerprint density at radius 3 is 2.18 bits per heavy atom. The summed E-state index contributed by atoms with van der Waals surface area (Å²) in [5.41, 5.74) is -0.350. The van der Waals surface area contributed by atoms with Crippen LogP contribution in [0.25, 0.3) is 0 Å². The van der Waals surface area contributed by atoms with E-state index < -0.39 is 0 Å². The molecule has 0 aliphatic rings. The summed E-state index contributed by atoms with van der Waals surface area (Å²) >= 11 is 0. The maximum absolute atomic E-state index is 11.8. The van der Waals surface area contributed by atoms with Crippen LogP contribution in [0.4, 0.5) is 0 Å². The molecule has 0 aromatic heterocycles. The van der Waals surface area contributed by atoms with E-state index in [1.165, 1.54) is 25.7 Å². The Morgan fingerprint density at radius 1 is 1.06 bits per heavy atom. The Labute approximate surface area is 107 Å². The Hall–Kier alpha value is -0.530. The first-order chi connectivity index (χ1) is 7.89. The molecule has 0 saturated heterocycles. The van der Waals surface area contributed by atoms with E-state index in [4.69, 9.17) is 4.74 Å². The van der Waals surface area contributed by atoms with Gasteiger partial charge in [0.2, 0.25) is 0 Å². The smallest absolute Gasteiger partial charge is 0.306 e. The maximum Gasteiger partial charge on any atom is 0.306 e. The van der Waals surface area contributed by atoms with Gasteiger partial charge in [-0.2, -0.15) is 0 Å². The van der Waals surface area contributed by atoms with Gasteiger partial charge < -0.3 is 4.74 Å². The molecule has 0 N–H and O–H groups in total. The minimum Gasteiger partial charge on any atom is -0.460 e. The summed E-state index contributed by atoms with van der Waals surface area (Å²) in [5.74, 6) is 0.480. The van der Waals surface area contributed by atoms with Crippen molar-refractivity contribution in [1.29, 1.82) is 0 Å². The first-order valence-electron chi connectivity index (χ1n) is 7.10. The monoisotopic (exact) mass is 242 g/mol. The summed E-state index contributed by atoms with van der Waals surface area (Å²) in [6.07, 6.45) is 7.81. The van der Waals surface area contributed by atoms with Gasteiger partial charge >= 0.3 is 5.97 Å². The summed E-state index contributed by atoms with van der Waals surface area (Å²) in [4.78, 5) is 11.8. The van der Waals surface area contributed by atoms with Gasteiger partial charge in [-0.25, -0.2) is 0 Å². The van der Waals surface area contributed by atoms with Crippen molar-refractivity contribution in [3.8, 4) is 0 Å². The Morgan fingerprint density at radius 2 is 1.71 bits per heavy atom. The fourth-order valence-corrected chi connectivity index (χ4v) is 2.06. The second-order valence-corrected chi connectivity index (χ2v) is 5.94. The summed E-state index contributed by atoms with van der Waals surface area (Å²) in [5, 5.41) is 0. The molecule has 0 aromatic rings. The highest BCUT2D eigenvalue weighted by atomic mass is 16.6. The zero-order valence-electron chi connectivity index (χ0n) is 12.3. The van der Waals surface area contributed by atoms with Crippen LogP contribution in [0.5, 0.6) is 0 Å². The number of esters is 1. The number of hydrogen-bond acceptors (Lipinski definition) is 2. The average molecular weight is 242 g/mol. The van der Waals surface area contributed by atoms with Crippen molar-refractivity contribution in [2.24, 2.45) is 5.92 Å². The lowest BCUT2D eigenvalue weighted by molar-refractivity contribution is -0.156. The minimum absolute atomic E-state index is 0.0348. The molecular formula is C15H30O2. The van der Waals surface area contributed by atoms with E-state index in [-0.39, 0.29) is 11.6 Å². The van der Waals surface area contributed by atoms with Gasteiger partial charge in [-0.3, -0.25) is 4.79 Å². The molecule has 0 spiro atoms. The zero-order chi connectivity index (χ0) is 13.3. The van der Waals surface area contributed by atoms with Crippen LogP contribution in [0.2, 0.25) is 0 Å². The van der Waals surface area contributed by atoms with Gasteiger partial charge in [0, 0.05) is 6.42 Å². The number of hydrogen-bond donors (Lipinski definition) is 0. The van der Waals surface area contributed by atoms with Crippen LogP contribution >= 0.6 is 0 Å². The predicted octanol–water partition coefficient (Wildman–Crippen LogP) is 4.71. The second-order valence-electron chi connectivity index (χ2n) is 5.94. The van der Waals surface area contributed by atoms with E-state index in [1.807, 2.05) is 20.8 Å². The number of carbonyl (C=O) groups excluding carboxylic acids is 1. The van der Waals surface area contributed by atoms with Crippen molar-refractivity contribution in [3.05, 3.63) is 0 Å². The summed E-state index contributed by atoms with van der Waals surface area (Å²) < 4.78 is 5.38. The van der Waals surface area contributed by atoms with Crippen molar-refractivity contribution in [1.82, 2.24) is 0 Å². The maximum atomic E-state index is 11.8. The molecule has 0 heterocycles. The topological polar surface area (TPSA) is 26.3 Å². The highest BCUT2D eigenvalue weighted by Crippen LogP contribution is 2.21. The largest absolute Gasteiger partial charge is 0.460 e. The van der Waals surface area contributed by atoms with Crippen LogP contribution in [0.15, 0.2) is 0 Å². The predicted molar refractivity (Wildman–Crippen MR) is 73.0 cm³/mol. The second kappa shape index (κ2) is 8.54. The lowest BCUT2D eigenvalue weighted by atomic mass is 9.93. The van der Waals surface area contributed by atoms with Gasteiger partial charge in [-0.05, 0) is 33.1 Å². The molecule has 0 rings (SSSR count). The molecule has 0 aliphatic carbocycles. The highest BCUT2D eigenvalue weighted by Gasteiger charge is 2.19. The van der Waals surface area contributed by atoms with Crippen molar-refractivity contribution in [2.45, 2.75) is 85.2 Å². The Bertz CT molecular complexity index is 203. The molecule has 1 atom stereocenters. The van der Waals surface area contributed by atoms with Crippen LogP contribution in [0.1, 0.15) is 79.6 Å². The van der Waals surface area contributed by atoms with Gasteiger partial charge in [0.05, 0.1) is 0 Å². The molecule has 102 valence electrons. The standard InChI is InChI=1S/C15H30O2/c1-6-8-9-11-13(10-7-2)12-14(16)17-15(3,4)5/h13H,6-12H2,1-5H3. The first-order valence-corrected chi connectivity index (χ1v) is 7.10. The van der Waals surface area contributed by atoms with Crippen molar-refractivity contribution in [2.75, 3.05) is 0 Å². The van der Waals surface area contributed by atoms with E-state index in [2.05, 4.69) is 13.8 Å². The fraction of sp³-hybridized carbons (Fsp3) is 0.933. The Balaban J connectivity index is 4.01. The van der Waals surface area contributed by atoms with E-state index >= 15 is 0 Å². The number of unbranched alkanes of at least 4 members (excludes halogenated alkanes) is 2. The molecule has 0 saturated carbocycles. The molecule has 2 heteroatoms. The van der Waals surface area contributed by atoms with Crippen LogP contribution < -0.4 is 0 Å². The zero-order valence-corrected chi connectivity index (χ0v) is 12.3. The fourth-order valence-electron chi connectivity index (χ4n) is 2.06. The molecule has 1 unspecified atom stereocenters. The number of ether oxygens (including phenoxy) is 1. The van der Waals surface area contributed by atoms with Crippen LogP contribution in [-0.2, 0) is 9.53 Å². The summed E-state index contributed by atoms with van der Waals surface area (Å²) in [6.45, 7) is 10.2. The van der Waals surface area contributed by atoms with Crippen LogP contribution in [-0.4, -0.2) is 11.6 Å². The van der Waals surface area contributed by atoms with Crippen molar-refractivity contribution >= 4 is 5.97 Å². The third kappa shape index (κ3) is 10.3. The molecule has 0 aromatic carbocycles. The van der Waals surface area contributed by atoms with Crippen molar-refractivity contribution in [3.63, 3.8) is 0 Å². The van der Waals surface area contributed by atoms with Gasteiger partial charge in [-0.1, -0.05) is 46.0 Å². The first kappa shape index (κ1) is 16.5. The van der Waals surface area contributed by atoms with E-state index in [9.17, 15) is 4.79 Å². The number of rotatable bonds is 8. The van der Waals surface area contributed by atoms with Gasteiger partial charge in [-0.15, -0.1) is 0 Å². The van der Waals surface area contributed by atoms with Gasteiger partial charge in [0.1, 0.15) is 5.60 Å². The molecule has 17 heavy (non-hydrogen) atoms. The van der Waals surface area contributed by atoms with Gasteiger partial charge in [0.25, 0.3) is 0 Å². The summed E-state index contributed by atoms with van der Waals surface area (Å²) in [6, 6.07) is 0. The Kier molecular flexibility index (Phi) is 8.28. The quantitative estimate of drug-likeness (QED) is 0.455. The van der Waals surface area contributed by atoms with Crippen LogP contribution in [0.3, 0.4) is 0 Å². The molecule has 0 amide bonds. The molecule has 0 bridgehead atoms. The number of carbonyl (C=O) groups is 1. The lowest BCUT2D eigenvalue weighted by Gasteiger charge is -2.22. The summed E-state index contributed by atoms with van der Waals surface area (Å²) in [7, 11) is 0. The normalized spacial score (nSPS) is 13.5. The third-order valence-electron chi connectivity index (χ3n) is 2.79. The molecular weight excluding hydrogens is 212 g/mol. The van der Waals surface area contributed by atoms with E-state index in [0.29, 0.717) is 12.3 Å².